The Morgan fingerprint density at radius 2 is 2.11 bits per heavy atom. The average molecular weight is 250 g/mol. The van der Waals surface area contributed by atoms with E-state index in [4.69, 9.17) is 14.2 Å². The molecule has 0 amide bonds. The molecule has 0 saturated carbocycles. The van der Waals surface area contributed by atoms with Crippen molar-refractivity contribution in [2.24, 2.45) is 0 Å². The normalized spacial score (nSPS) is 23.3. The molecular formula is C13H14O5. The molecule has 0 N–H and O–H groups in total. The van der Waals surface area contributed by atoms with Crippen LogP contribution < -0.4 is 0 Å². The van der Waals surface area contributed by atoms with Crippen LogP contribution in [-0.2, 0) is 30.4 Å². The molecule has 1 saturated heterocycles. The molecule has 1 aromatic rings. The minimum Gasteiger partial charge on any atom is -0.460 e. The van der Waals surface area contributed by atoms with E-state index in [0.29, 0.717) is 0 Å². The summed E-state index contributed by atoms with van der Waals surface area (Å²) in [5.41, 5.74) is -0.315. The van der Waals surface area contributed by atoms with Crippen LogP contribution in [0.2, 0.25) is 0 Å². The highest BCUT2D eigenvalue weighted by Crippen LogP contribution is 2.18. The largest absolute Gasteiger partial charge is 0.460 e. The third-order valence-electron chi connectivity index (χ3n) is 2.66. The predicted molar refractivity (Wildman–Crippen MR) is 61.6 cm³/mol. The van der Waals surface area contributed by atoms with Gasteiger partial charge in [-0.2, -0.15) is 0 Å². The maximum absolute atomic E-state index is 11.9. The van der Waals surface area contributed by atoms with Crippen molar-refractivity contribution in [3.8, 4) is 0 Å². The second-order valence-electron chi connectivity index (χ2n) is 4.24. The van der Waals surface area contributed by atoms with Crippen LogP contribution in [0.5, 0.6) is 0 Å². The molecule has 0 aromatic heterocycles. The topological polar surface area (TPSA) is 61.8 Å². The summed E-state index contributed by atoms with van der Waals surface area (Å²) in [7, 11) is 0. The SMILES string of the molecule is CC1(C(=O)OCc2ccccc2)COC(=O)CO1. The summed E-state index contributed by atoms with van der Waals surface area (Å²) in [5.74, 6) is -0.998. The molecule has 1 atom stereocenters. The maximum Gasteiger partial charge on any atom is 0.342 e. The van der Waals surface area contributed by atoms with Crippen molar-refractivity contribution in [1.29, 1.82) is 0 Å². The summed E-state index contributed by atoms with van der Waals surface area (Å²) in [5, 5.41) is 0. The molecule has 2 rings (SSSR count). The first-order valence-corrected chi connectivity index (χ1v) is 5.61. The number of hydrogen-bond acceptors (Lipinski definition) is 5. The van der Waals surface area contributed by atoms with Crippen LogP contribution in [-0.4, -0.2) is 30.8 Å². The summed E-state index contributed by atoms with van der Waals surface area (Å²) in [4.78, 5) is 22.7. The minimum absolute atomic E-state index is 0.112. The van der Waals surface area contributed by atoms with Crippen molar-refractivity contribution in [1.82, 2.24) is 0 Å². The van der Waals surface area contributed by atoms with Crippen molar-refractivity contribution >= 4 is 11.9 Å². The lowest BCUT2D eigenvalue weighted by atomic mass is 10.1. The van der Waals surface area contributed by atoms with E-state index in [1.54, 1.807) is 6.92 Å². The predicted octanol–water partition coefficient (Wildman–Crippen LogP) is 1.06. The second kappa shape index (κ2) is 5.18. The number of rotatable bonds is 3. The highest BCUT2D eigenvalue weighted by molar-refractivity contribution is 5.82. The molecule has 1 unspecified atom stereocenters. The molecule has 96 valence electrons. The van der Waals surface area contributed by atoms with E-state index in [1.165, 1.54) is 0 Å². The molecule has 0 radical (unpaired) electrons. The molecule has 5 nitrogen and oxygen atoms in total. The van der Waals surface area contributed by atoms with Crippen LogP contribution >= 0.6 is 0 Å². The van der Waals surface area contributed by atoms with Crippen LogP contribution in [0.15, 0.2) is 30.3 Å². The Bertz CT molecular complexity index is 430. The van der Waals surface area contributed by atoms with Crippen LogP contribution in [0.4, 0.5) is 0 Å². The van der Waals surface area contributed by atoms with E-state index in [2.05, 4.69) is 0 Å². The molecule has 0 aliphatic carbocycles. The van der Waals surface area contributed by atoms with E-state index >= 15 is 0 Å². The van der Waals surface area contributed by atoms with E-state index in [0.717, 1.165) is 5.56 Å². The number of cyclic esters (lactones) is 1. The molecule has 5 heteroatoms. The van der Waals surface area contributed by atoms with Gasteiger partial charge in [0.1, 0.15) is 19.8 Å². The van der Waals surface area contributed by atoms with E-state index in [9.17, 15) is 9.59 Å². The number of benzene rings is 1. The lowest BCUT2D eigenvalue weighted by molar-refractivity contribution is -0.201. The molecule has 1 heterocycles. The van der Waals surface area contributed by atoms with E-state index in [1.807, 2.05) is 30.3 Å². The van der Waals surface area contributed by atoms with Gasteiger partial charge in [0, 0.05) is 0 Å². The third kappa shape index (κ3) is 2.87. The fraction of sp³-hybridized carbons (Fsp3) is 0.385. The number of hydrogen-bond donors (Lipinski definition) is 0. The van der Waals surface area contributed by atoms with Crippen molar-refractivity contribution in [3.63, 3.8) is 0 Å². The summed E-state index contributed by atoms with van der Waals surface area (Å²) in [6.45, 7) is 1.38. The van der Waals surface area contributed by atoms with Crippen molar-refractivity contribution in [2.75, 3.05) is 13.2 Å². The number of ether oxygens (including phenoxy) is 3. The van der Waals surface area contributed by atoms with Gasteiger partial charge in [0.25, 0.3) is 0 Å². The second-order valence-corrected chi connectivity index (χ2v) is 4.24. The van der Waals surface area contributed by atoms with Crippen LogP contribution in [0.25, 0.3) is 0 Å². The molecule has 1 fully saturated rings. The average Bonchev–Trinajstić information content (AvgIpc) is 2.41. The van der Waals surface area contributed by atoms with Crippen LogP contribution in [0.1, 0.15) is 12.5 Å². The Balaban J connectivity index is 1.90. The van der Waals surface area contributed by atoms with Gasteiger partial charge >= 0.3 is 11.9 Å². The van der Waals surface area contributed by atoms with Crippen LogP contribution in [0.3, 0.4) is 0 Å². The highest BCUT2D eigenvalue weighted by atomic mass is 16.6. The fourth-order valence-corrected chi connectivity index (χ4v) is 1.51. The van der Waals surface area contributed by atoms with Crippen molar-refractivity contribution < 1.29 is 23.8 Å². The molecule has 1 aromatic carbocycles. The van der Waals surface area contributed by atoms with E-state index in [-0.39, 0.29) is 19.8 Å². The first kappa shape index (κ1) is 12.6. The quantitative estimate of drug-likeness (QED) is 0.751. The van der Waals surface area contributed by atoms with Gasteiger partial charge in [-0.05, 0) is 12.5 Å². The molecule has 1 aliphatic heterocycles. The lowest BCUT2D eigenvalue weighted by Gasteiger charge is -2.30. The van der Waals surface area contributed by atoms with Crippen molar-refractivity contribution in [3.05, 3.63) is 35.9 Å². The van der Waals surface area contributed by atoms with Gasteiger partial charge in [-0.3, -0.25) is 0 Å². The van der Waals surface area contributed by atoms with Gasteiger partial charge in [0.2, 0.25) is 0 Å². The zero-order chi connectivity index (χ0) is 13.0. The molecular weight excluding hydrogens is 236 g/mol. The number of carbonyl (C=O) groups excluding carboxylic acids is 2. The Kier molecular flexibility index (Phi) is 3.62. The molecule has 0 spiro atoms. The maximum atomic E-state index is 11.9. The highest BCUT2D eigenvalue weighted by Gasteiger charge is 2.41. The summed E-state index contributed by atoms with van der Waals surface area (Å²) in [6.07, 6.45) is 0. The summed E-state index contributed by atoms with van der Waals surface area (Å²) in [6, 6.07) is 9.33. The van der Waals surface area contributed by atoms with E-state index < -0.39 is 17.5 Å². The smallest absolute Gasteiger partial charge is 0.342 e. The Labute approximate surface area is 105 Å². The zero-order valence-corrected chi connectivity index (χ0v) is 10.0. The van der Waals surface area contributed by atoms with Crippen molar-refractivity contribution in [2.45, 2.75) is 19.1 Å². The third-order valence-corrected chi connectivity index (χ3v) is 2.66. The Morgan fingerprint density at radius 3 is 2.72 bits per heavy atom. The number of carbonyl (C=O) groups is 2. The molecule has 0 bridgehead atoms. The molecule has 18 heavy (non-hydrogen) atoms. The fourth-order valence-electron chi connectivity index (χ4n) is 1.51. The first-order valence-electron chi connectivity index (χ1n) is 5.61. The minimum atomic E-state index is -1.21. The molecule has 1 aliphatic rings. The summed E-state index contributed by atoms with van der Waals surface area (Å²) >= 11 is 0. The summed E-state index contributed by atoms with van der Waals surface area (Å²) < 4.78 is 15.1. The van der Waals surface area contributed by atoms with Gasteiger partial charge in [-0.25, -0.2) is 9.59 Å². The first-order chi connectivity index (χ1) is 8.60. The van der Waals surface area contributed by atoms with Gasteiger partial charge in [-0.1, -0.05) is 30.3 Å². The van der Waals surface area contributed by atoms with Gasteiger partial charge in [-0.15, -0.1) is 0 Å². The van der Waals surface area contributed by atoms with Gasteiger partial charge < -0.3 is 14.2 Å². The lowest BCUT2D eigenvalue weighted by Crippen LogP contribution is -2.49. The van der Waals surface area contributed by atoms with Gasteiger partial charge in [0.15, 0.2) is 5.60 Å². The zero-order valence-electron chi connectivity index (χ0n) is 10.0. The Morgan fingerprint density at radius 1 is 1.39 bits per heavy atom. The monoisotopic (exact) mass is 250 g/mol. The number of esters is 2. The standard InChI is InChI=1S/C13H14O5/c1-13(9-17-11(14)8-18-13)12(15)16-7-10-5-3-2-4-6-10/h2-6H,7-9H2,1H3. The Hall–Kier alpha value is -1.88. The van der Waals surface area contributed by atoms with Gasteiger partial charge in [0.05, 0.1) is 0 Å². The van der Waals surface area contributed by atoms with Crippen LogP contribution in [0, 0.1) is 0 Å².